The van der Waals surface area contributed by atoms with Gasteiger partial charge in [0, 0.05) is 23.7 Å². The number of phenols is 1. The van der Waals surface area contributed by atoms with Crippen molar-refractivity contribution in [2.24, 2.45) is 0 Å². The summed E-state index contributed by atoms with van der Waals surface area (Å²) in [6, 6.07) is 5.26. The van der Waals surface area contributed by atoms with Crippen LogP contribution >= 0.6 is 0 Å². The molecule has 1 aliphatic rings. The molecule has 3 nitrogen and oxygen atoms in total. The Labute approximate surface area is 77.6 Å². The number of aromatic hydroxyl groups is 1. The molecule has 3 heteroatoms. The van der Waals surface area contributed by atoms with E-state index in [2.05, 4.69) is 5.32 Å². The second kappa shape index (κ2) is 3.26. The van der Waals surface area contributed by atoms with Gasteiger partial charge in [-0.25, -0.2) is 0 Å². The van der Waals surface area contributed by atoms with Crippen LogP contribution in [0.3, 0.4) is 0 Å². The normalized spacial score (nSPS) is 22.0. The molecule has 0 radical (unpaired) electrons. The Morgan fingerprint density at radius 2 is 2.31 bits per heavy atom. The highest BCUT2D eigenvalue weighted by Crippen LogP contribution is 2.31. The second-order valence-corrected chi connectivity index (χ2v) is 3.51. The lowest BCUT2D eigenvalue weighted by Crippen LogP contribution is -2.08. The fraction of sp³-hybridized carbons (Fsp3) is 0.400. The molecule has 0 spiro atoms. The molecule has 1 aromatic rings. The first-order chi connectivity index (χ1) is 6.27. The molecule has 1 heterocycles. The predicted octanol–water partition coefficient (Wildman–Crippen LogP) is 1.05. The molecule has 0 saturated carbocycles. The maximum absolute atomic E-state index is 9.61. The van der Waals surface area contributed by atoms with Gasteiger partial charge in [-0.1, -0.05) is 0 Å². The summed E-state index contributed by atoms with van der Waals surface area (Å²) in [7, 11) is 0. The van der Waals surface area contributed by atoms with Gasteiger partial charge in [-0.05, 0) is 31.2 Å². The average Bonchev–Trinajstić information content (AvgIpc) is 2.61. The first kappa shape index (κ1) is 8.38. The van der Waals surface area contributed by atoms with Gasteiger partial charge in [0.05, 0.1) is 0 Å². The highest BCUT2D eigenvalue weighted by Gasteiger charge is 2.19. The zero-order chi connectivity index (χ0) is 9.26. The van der Waals surface area contributed by atoms with Gasteiger partial charge in [0.1, 0.15) is 5.75 Å². The SMILES string of the molecule is Nc1ccc(O)c([C@@H]2CCNC2)c1. The molecule has 0 unspecified atom stereocenters. The number of rotatable bonds is 1. The Bertz CT molecular complexity index is 306. The van der Waals surface area contributed by atoms with Crippen LogP contribution in [-0.2, 0) is 0 Å². The molecule has 1 saturated heterocycles. The van der Waals surface area contributed by atoms with Crippen LogP contribution in [0.15, 0.2) is 18.2 Å². The molecule has 1 aromatic carbocycles. The molecule has 1 atom stereocenters. The standard InChI is InChI=1S/C10H14N2O/c11-8-1-2-10(13)9(5-8)7-3-4-12-6-7/h1-2,5,7,12-13H,3-4,6,11H2/t7-/m1/s1. The van der Waals surface area contributed by atoms with Crippen molar-refractivity contribution >= 4 is 5.69 Å². The van der Waals surface area contributed by atoms with Crippen molar-refractivity contribution in [3.63, 3.8) is 0 Å². The Morgan fingerprint density at radius 3 is 3.00 bits per heavy atom. The zero-order valence-electron chi connectivity index (χ0n) is 7.46. The predicted molar refractivity (Wildman–Crippen MR) is 52.7 cm³/mol. The summed E-state index contributed by atoms with van der Waals surface area (Å²) in [5.41, 5.74) is 7.36. The van der Waals surface area contributed by atoms with Crippen molar-refractivity contribution in [2.45, 2.75) is 12.3 Å². The van der Waals surface area contributed by atoms with Gasteiger partial charge in [0.25, 0.3) is 0 Å². The van der Waals surface area contributed by atoms with Gasteiger partial charge >= 0.3 is 0 Å². The van der Waals surface area contributed by atoms with Crippen molar-refractivity contribution in [2.75, 3.05) is 18.8 Å². The summed E-state index contributed by atoms with van der Waals surface area (Å²) in [6.07, 6.45) is 1.08. The van der Waals surface area contributed by atoms with Crippen LogP contribution in [0.4, 0.5) is 5.69 Å². The minimum atomic E-state index is 0.364. The van der Waals surface area contributed by atoms with Crippen molar-refractivity contribution in [3.8, 4) is 5.75 Å². The number of nitrogen functional groups attached to an aromatic ring is 1. The Balaban J connectivity index is 2.32. The molecule has 1 aliphatic heterocycles. The third-order valence-electron chi connectivity index (χ3n) is 2.55. The number of anilines is 1. The largest absolute Gasteiger partial charge is 0.508 e. The fourth-order valence-corrected chi connectivity index (χ4v) is 1.82. The molecule has 70 valence electrons. The van der Waals surface area contributed by atoms with Gasteiger partial charge in [-0.15, -0.1) is 0 Å². The van der Waals surface area contributed by atoms with E-state index < -0.39 is 0 Å². The lowest BCUT2D eigenvalue weighted by atomic mass is 9.97. The topological polar surface area (TPSA) is 58.3 Å². The smallest absolute Gasteiger partial charge is 0.119 e. The molecule has 0 amide bonds. The molecule has 1 fully saturated rings. The first-order valence-corrected chi connectivity index (χ1v) is 4.56. The van der Waals surface area contributed by atoms with Gasteiger partial charge in [-0.2, -0.15) is 0 Å². The van der Waals surface area contributed by atoms with Crippen LogP contribution in [0.5, 0.6) is 5.75 Å². The number of hydrogen-bond acceptors (Lipinski definition) is 3. The molecule has 0 bridgehead atoms. The first-order valence-electron chi connectivity index (χ1n) is 4.56. The van der Waals surface area contributed by atoms with Crippen molar-refractivity contribution in [3.05, 3.63) is 23.8 Å². The highest BCUT2D eigenvalue weighted by atomic mass is 16.3. The summed E-state index contributed by atoms with van der Waals surface area (Å²) in [4.78, 5) is 0. The lowest BCUT2D eigenvalue weighted by Gasteiger charge is -2.11. The average molecular weight is 178 g/mol. The van der Waals surface area contributed by atoms with E-state index in [1.54, 1.807) is 12.1 Å². The molecule has 4 N–H and O–H groups in total. The van der Waals surface area contributed by atoms with Gasteiger partial charge < -0.3 is 16.2 Å². The number of nitrogens with two attached hydrogens (primary N) is 1. The Hall–Kier alpha value is -1.22. The van der Waals surface area contributed by atoms with Crippen molar-refractivity contribution in [1.29, 1.82) is 0 Å². The Kier molecular flexibility index (Phi) is 2.10. The van der Waals surface area contributed by atoms with E-state index in [0.717, 1.165) is 30.8 Å². The van der Waals surface area contributed by atoms with E-state index in [4.69, 9.17) is 5.73 Å². The fourth-order valence-electron chi connectivity index (χ4n) is 1.82. The molecule has 13 heavy (non-hydrogen) atoms. The number of benzene rings is 1. The van der Waals surface area contributed by atoms with E-state index in [-0.39, 0.29) is 0 Å². The van der Waals surface area contributed by atoms with Crippen molar-refractivity contribution in [1.82, 2.24) is 5.32 Å². The van der Waals surface area contributed by atoms with Crippen LogP contribution in [0.25, 0.3) is 0 Å². The monoisotopic (exact) mass is 178 g/mol. The summed E-state index contributed by atoms with van der Waals surface area (Å²) in [5, 5.41) is 12.9. The van der Waals surface area contributed by atoms with E-state index in [9.17, 15) is 5.11 Å². The van der Waals surface area contributed by atoms with E-state index in [1.807, 2.05) is 6.07 Å². The summed E-state index contributed by atoms with van der Waals surface area (Å²) >= 11 is 0. The van der Waals surface area contributed by atoms with Crippen LogP contribution in [0.2, 0.25) is 0 Å². The minimum absolute atomic E-state index is 0.364. The molecule has 2 rings (SSSR count). The maximum Gasteiger partial charge on any atom is 0.119 e. The Morgan fingerprint density at radius 1 is 1.46 bits per heavy atom. The number of phenolic OH excluding ortho intramolecular Hbond substituents is 1. The van der Waals surface area contributed by atoms with Crippen molar-refractivity contribution < 1.29 is 5.11 Å². The lowest BCUT2D eigenvalue weighted by molar-refractivity contribution is 0.463. The highest BCUT2D eigenvalue weighted by molar-refractivity contribution is 5.49. The maximum atomic E-state index is 9.61. The van der Waals surface area contributed by atoms with E-state index in [1.165, 1.54) is 0 Å². The van der Waals surface area contributed by atoms with Gasteiger partial charge in [-0.3, -0.25) is 0 Å². The molecular weight excluding hydrogens is 164 g/mol. The molecule has 0 aliphatic carbocycles. The number of hydrogen-bond donors (Lipinski definition) is 3. The third-order valence-corrected chi connectivity index (χ3v) is 2.55. The quantitative estimate of drug-likeness (QED) is 0.445. The van der Waals surface area contributed by atoms with Crippen LogP contribution in [-0.4, -0.2) is 18.2 Å². The molecule has 0 aromatic heterocycles. The van der Waals surface area contributed by atoms with E-state index in [0.29, 0.717) is 11.7 Å². The van der Waals surface area contributed by atoms with Crippen LogP contribution < -0.4 is 11.1 Å². The number of nitrogens with one attached hydrogen (secondary N) is 1. The van der Waals surface area contributed by atoms with Crippen LogP contribution in [0.1, 0.15) is 17.9 Å². The van der Waals surface area contributed by atoms with Gasteiger partial charge in [0.15, 0.2) is 0 Å². The zero-order valence-corrected chi connectivity index (χ0v) is 7.46. The summed E-state index contributed by atoms with van der Waals surface area (Å²) in [6.45, 7) is 1.97. The summed E-state index contributed by atoms with van der Waals surface area (Å²) in [5.74, 6) is 0.784. The minimum Gasteiger partial charge on any atom is -0.508 e. The van der Waals surface area contributed by atoms with Gasteiger partial charge in [0.2, 0.25) is 0 Å². The molecular formula is C10H14N2O. The van der Waals surface area contributed by atoms with Crippen LogP contribution in [0, 0.1) is 0 Å². The third kappa shape index (κ3) is 1.60. The second-order valence-electron chi connectivity index (χ2n) is 3.51. The van der Waals surface area contributed by atoms with E-state index >= 15 is 0 Å². The summed E-state index contributed by atoms with van der Waals surface area (Å²) < 4.78 is 0.